The van der Waals surface area contributed by atoms with Gasteiger partial charge in [-0.05, 0) is 25.7 Å². The fourth-order valence-electron chi connectivity index (χ4n) is 3.11. The molecule has 1 rings (SSSR count). The zero-order valence-corrected chi connectivity index (χ0v) is 12.8. The average Bonchev–Trinajstić information content (AvgIpc) is 2.46. The molecule has 0 spiro atoms. The van der Waals surface area contributed by atoms with E-state index in [0.29, 0.717) is 11.8 Å². The molecule has 1 fully saturated rings. The lowest BCUT2D eigenvalue weighted by Crippen LogP contribution is -2.30. The fourth-order valence-corrected chi connectivity index (χ4v) is 3.11. The Kier molecular flexibility index (Phi) is 7.55. The number of rotatable bonds is 6. The van der Waals surface area contributed by atoms with E-state index in [1.165, 1.54) is 38.2 Å². The number of ether oxygens (including phenoxy) is 1. The summed E-state index contributed by atoms with van der Waals surface area (Å²) in [6, 6.07) is 0. The maximum Gasteiger partial charge on any atom is 0.267 e. The summed E-state index contributed by atoms with van der Waals surface area (Å²) < 4.78 is 5.71. The topological polar surface area (TPSA) is 58.6 Å². The zero-order valence-electron chi connectivity index (χ0n) is 12.8. The largest absolute Gasteiger partial charge is 0.381 e. The second-order valence-corrected chi connectivity index (χ2v) is 5.68. The standard InChI is InChI=1S/C16H27NO3/c1-12(9-10-15(18)17-19)11-13(2)16(20-3)14-7-5-4-6-8-14/h9-11,13-14,16,19H,4-8H2,1-3H3,(H,17,18)/b10-9+,12-11+. The van der Waals surface area contributed by atoms with E-state index in [1.807, 2.05) is 6.92 Å². The lowest BCUT2D eigenvalue weighted by molar-refractivity contribution is -0.124. The quantitative estimate of drug-likeness (QED) is 0.340. The van der Waals surface area contributed by atoms with Crippen LogP contribution >= 0.6 is 0 Å². The number of hydrogen-bond donors (Lipinski definition) is 2. The Labute approximate surface area is 121 Å². The molecule has 1 amide bonds. The van der Waals surface area contributed by atoms with Gasteiger partial charge in [-0.25, -0.2) is 5.48 Å². The first-order valence-electron chi connectivity index (χ1n) is 7.41. The summed E-state index contributed by atoms with van der Waals surface area (Å²) >= 11 is 0. The first-order valence-corrected chi connectivity index (χ1v) is 7.41. The Morgan fingerprint density at radius 2 is 1.95 bits per heavy atom. The number of nitrogens with one attached hydrogen (secondary N) is 1. The summed E-state index contributed by atoms with van der Waals surface area (Å²) in [5.74, 6) is 0.434. The number of hydrogen-bond acceptors (Lipinski definition) is 3. The van der Waals surface area contributed by atoms with E-state index in [0.717, 1.165) is 5.57 Å². The Hall–Kier alpha value is -1.13. The molecule has 20 heavy (non-hydrogen) atoms. The minimum Gasteiger partial charge on any atom is -0.381 e. The number of methoxy groups -OCH3 is 1. The third-order valence-electron chi connectivity index (χ3n) is 4.04. The van der Waals surface area contributed by atoms with Crippen LogP contribution in [0.5, 0.6) is 0 Å². The van der Waals surface area contributed by atoms with Crippen molar-refractivity contribution in [3.63, 3.8) is 0 Å². The predicted octanol–water partition coefficient (Wildman–Crippen LogP) is 3.23. The van der Waals surface area contributed by atoms with E-state index in [2.05, 4.69) is 13.0 Å². The highest BCUT2D eigenvalue weighted by Gasteiger charge is 2.26. The summed E-state index contributed by atoms with van der Waals surface area (Å²) in [5, 5.41) is 8.44. The molecule has 2 unspecified atom stereocenters. The van der Waals surface area contributed by atoms with Crippen molar-refractivity contribution in [2.24, 2.45) is 11.8 Å². The fraction of sp³-hybridized carbons (Fsp3) is 0.688. The predicted molar refractivity (Wildman–Crippen MR) is 79.4 cm³/mol. The van der Waals surface area contributed by atoms with Crippen LogP contribution in [0.4, 0.5) is 0 Å². The molecule has 0 heterocycles. The monoisotopic (exact) mass is 281 g/mol. The smallest absolute Gasteiger partial charge is 0.267 e. The molecular formula is C16H27NO3. The molecule has 0 saturated heterocycles. The summed E-state index contributed by atoms with van der Waals surface area (Å²) in [5.41, 5.74) is 2.58. The first-order chi connectivity index (χ1) is 9.58. The Bertz CT molecular complexity index is 357. The van der Waals surface area contributed by atoms with Gasteiger partial charge in [0.05, 0.1) is 6.10 Å². The van der Waals surface area contributed by atoms with E-state index < -0.39 is 5.91 Å². The third kappa shape index (κ3) is 5.47. The molecule has 0 aliphatic heterocycles. The summed E-state index contributed by atoms with van der Waals surface area (Å²) in [6.07, 6.45) is 11.8. The highest BCUT2D eigenvalue weighted by Crippen LogP contribution is 2.31. The molecule has 114 valence electrons. The molecule has 4 heteroatoms. The number of carbonyl (C=O) groups is 1. The molecule has 4 nitrogen and oxygen atoms in total. The summed E-state index contributed by atoms with van der Waals surface area (Å²) in [7, 11) is 1.79. The van der Waals surface area contributed by atoms with Gasteiger partial charge in [-0.3, -0.25) is 10.0 Å². The van der Waals surface area contributed by atoms with Gasteiger partial charge in [0.25, 0.3) is 5.91 Å². The van der Waals surface area contributed by atoms with Crippen LogP contribution in [0.3, 0.4) is 0 Å². The number of amides is 1. The van der Waals surface area contributed by atoms with Gasteiger partial charge in [-0.15, -0.1) is 0 Å². The van der Waals surface area contributed by atoms with Gasteiger partial charge in [0, 0.05) is 19.1 Å². The van der Waals surface area contributed by atoms with Crippen LogP contribution in [0.15, 0.2) is 23.8 Å². The van der Waals surface area contributed by atoms with Crippen molar-refractivity contribution in [1.82, 2.24) is 5.48 Å². The van der Waals surface area contributed by atoms with Gasteiger partial charge in [0.1, 0.15) is 0 Å². The van der Waals surface area contributed by atoms with Gasteiger partial charge in [-0.1, -0.05) is 43.9 Å². The van der Waals surface area contributed by atoms with Crippen molar-refractivity contribution in [3.8, 4) is 0 Å². The molecule has 0 aromatic rings. The number of allylic oxidation sites excluding steroid dienone is 2. The van der Waals surface area contributed by atoms with E-state index in [4.69, 9.17) is 9.94 Å². The van der Waals surface area contributed by atoms with E-state index in [1.54, 1.807) is 18.7 Å². The molecule has 0 aromatic carbocycles. The van der Waals surface area contributed by atoms with Crippen molar-refractivity contribution in [1.29, 1.82) is 0 Å². The van der Waals surface area contributed by atoms with Crippen molar-refractivity contribution in [3.05, 3.63) is 23.8 Å². The van der Waals surface area contributed by atoms with Crippen LogP contribution in [-0.2, 0) is 9.53 Å². The molecule has 2 atom stereocenters. The maximum absolute atomic E-state index is 10.9. The molecular weight excluding hydrogens is 254 g/mol. The lowest BCUT2D eigenvalue weighted by atomic mass is 9.80. The molecule has 1 aliphatic carbocycles. The number of carbonyl (C=O) groups excluding carboxylic acids is 1. The van der Waals surface area contributed by atoms with Gasteiger partial charge in [0.15, 0.2) is 0 Å². The Morgan fingerprint density at radius 1 is 1.30 bits per heavy atom. The van der Waals surface area contributed by atoms with Gasteiger partial charge >= 0.3 is 0 Å². The summed E-state index contributed by atoms with van der Waals surface area (Å²) in [4.78, 5) is 10.9. The average molecular weight is 281 g/mol. The van der Waals surface area contributed by atoms with Crippen molar-refractivity contribution >= 4 is 5.91 Å². The van der Waals surface area contributed by atoms with Gasteiger partial charge in [0.2, 0.25) is 0 Å². The molecule has 0 aromatic heterocycles. The van der Waals surface area contributed by atoms with Gasteiger partial charge < -0.3 is 4.74 Å². The molecule has 2 N–H and O–H groups in total. The van der Waals surface area contributed by atoms with Crippen LogP contribution in [0.2, 0.25) is 0 Å². The third-order valence-corrected chi connectivity index (χ3v) is 4.04. The van der Waals surface area contributed by atoms with Crippen LogP contribution in [0.25, 0.3) is 0 Å². The lowest BCUT2D eigenvalue weighted by Gasteiger charge is -2.32. The van der Waals surface area contributed by atoms with Crippen molar-refractivity contribution in [2.75, 3.05) is 7.11 Å². The van der Waals surface area contributed by atoms with Crippen molar-refractivity contribution in [2.45, 2.75) is 52.1 Å². The second kappa shape index (κ2) is 8.93. The van der Waals surface area contributed by atoms with E-state index >= 15 is 0 Å². The Balaban J connectivity index is 2.62. The normalized spacial score (nSPS) is 20.9. The SMILES string of the molecule is COC(C(C)/C=C(C)/C=C/C(=O)NO)C1CCCCC1. The first kappa shape index (κ1) is 16.9. The van der Waals surface area contributed by atoms with Crippen LogP contribution in [0.1, 0.15) is 46.0 Å². The molecule has 0 bridgehead atoms. The van der Waals surface area contributed by atoms with E-state index in [9.17, 15) is 4.79 Å². The highest BCUT2D eigenvalue weighted by atomic mass is 16.5. The van der Waals surface area contributed by atoms with E-state index in [-0.39, 0.29) is 6.10 Å². The maximum atomic E-state index is 10.9. The minimum absolute atomic E-state index is 0.241. The minimum atomic E-state index is -0.513. The zero-order chi connectivity index (χ0) is 15.0. The Morgan fingerprint density at radius 3 is 2.50 bits per heavy atom. The second-order valence-electron chi connectivity index (χ2n) is 5.68. The van der Waals surface area contributed by atoms with Crippen molar-refractivity contribution < 1.29 is 14.7 Å². The summed E-state index contributed by atoms with van der Waals surface area (Å²) in [6.45, 7) is 4.11. The van der Waals surface area contributed by atoms with Crippen LogP contribution in [0, 0.1) is 11.8 Å². The molecule has 0 radical (unpaired) electrons. The molecule has 1 saturated carbocycles. The highest BCUT2D eigenvalue weighted by molar-refractivity contribution is 5.86. The van der Waals surface area contributed by atoms with Crippen LogP contribution in [-0.4, -0.2) is 24.3 Å². The van der Waals surface area contributed by atoms with Gasteiger partial charge in [-0.2, -0.15) is 0 Å². The van der Waals surface area contributed by atoms with Crippen LogP contribution < -0.4 is 5.48 Å². The molecule has 1 aliphatic rings. The number of hydroxylamine groups is 1.